The quantitative estimate of drug-likeness (QED) is 0.474. The van der Waals surface area contributed by atoms with Crippen molar-refractivity contribution in [2.24, 2.45) is 0 Å². The maximum atomic E-state index is 12.1. The molecule has 3 heteroatoms. The first-order valence-corrected chi connectivity index (χ1v) is 5.47. The molecule has 0 aliphatic heterocycles. The molecule has 1 aromatic carbocycles. The van der Waals surface area contributed by atoms with E-state index < -0.39 is 5.41 Å². The van der Waals surface area contributed by atoms with Crippen LogP contribution in [0.1, 0.15) is 18.4 Å². The first kappa shape index (κ1) is 14.9. The number of ether oxygens (including phenoxy) is 1. The second-order valence-corrected chi connectivity index (χ2v) is 4.34. The average molecular weight is 329 g/mol. The standard InChI is InChI=1S/C15H14O2.Rh/c1-11-9-15(10-12(11)2,14(16)17-3)13-7-5-4-6-8-13;/h1-2,4-8H,9-10H2,3H3;/q-2;+2. The molecule has 1 radical (unpaired) electrons. The zero-order chi connectivity index (χ0) is 12.5. The zero-order valence-electron chi connectivity index (χ0n) is 10.1. The van der Waals surface area contributed by atoms with Gasteiger partial charge in [0.05, 0.1) is 12.5 Å². The van der Waals surface area contributed by atoms with Gasteiger partial charge < -0.3 is 29.0 Å². The topological polar surface area (TPSA) is 26.3 Å². The van der Waals surface area contributed by atoms with Gasteiger partial charge in [-0.25, -0.2) is 0 Å². The molecular formula is C15H14O2Rh. The minimum Gasteiger partial charge on any atom is -0.468 e. The van der Waals surface area contributed by atoms with Gasteiger partial charge in [0.25, 0.3) is 0 Å². The molecule has 1 fully saturated rings. The van der Waals surface area contributed by atoms with Crippen LogP contribution < -0.4 is 0 Å². The molecule has 1 aliphatic carbocycles. The molecule has 1 aliphatic rings. The van der Waals surface area contributed by atoms with Crippen LogP contribution in [0.4, 0.5) is 0 Å². The van der Waals surface area contributed by atoms with Crippen LogP contribution in [0, 0.1) is 13.2 Å². The molecule has 1 saturated carbocycles. The van der Waals surface area contributed by atoms with Gasteiger partial charge in [0.15, 0.2) is 0 Å². The van der Waals surface area contributed by atoms with Crippen molar-refractivity contribution in [3.05, 3.63) is 60.2 Å². The van der Waals surface area contributed by atoms with Crippen LogP contribution in [-0.4, -0.2) is 13.1 Å². The molecule has 0 atom stereocenters. The summed E-state index contributed by atoms with van der Waals surface area (Å²) >= 11 is 0. The Hall–Kier alpha value is -1.21. The summed E-state index contributed by atoms with van der Waals surface area (Å²) in [6.07, 6.45) is 0.852. The van der Waals surface area contributed by atoms with Crippen LogP contribution in [-0.2, 0) is 34.4 Å². The van der Waals surface area contributed by atoms with Gasteiger partial charge in [0.1, 0.15) is 0 Å². The van der Waals surface area contributed by atoms with Gasteiger partial charge in [-0.3, -0.25) is 4.79 Å². The van der Waals surface area contributed by atoms with Crippen LogP contribution in [0.5, 0.6) is 0 Å². The van der Waals surface area contributed by atoms with E-state index in [-0.39, 0.29) is 25.4 Å². The predicted octanol–water partition coefficient (Wildman–Crippen LogP) is 2.61. The third-order valence-electron chi connectivity index (χ3n) is 3.30. The van der Waals surface area contributed by atoms with Crippen molar-refractivity contribution in [1.82, 2.24) is 0 Å². The number of methoxy groups -OCH3 is 1. The molecule has 1 aromatic rings. The number of hydrogen-bond donors (Lipinski definition) is 0. The van der Waals surface area contributed by atoms with E-state index >= 15 is 0 Å². The summed E-state index contributed by atoms with van der Waals surface area (Å²) < 4.78 is 4.91. The molecule has 0 spiro atoms. The molecule has 2 rings (SSSR count). The van der Waals surface area contributed by atoms with Gasteiger partial charge in [0.2, 0.25) is 0 Å². The van der Waals surface area contributed by atoms with Crippen LogP contribution >= 0.6 is 0 Å². The second-order valence-electron chi connectivity index (χ2n) is 4.34. The second kappa shape index (κ2) is 5.62. The summed E-state index contributed by atoms with van der Waals surface area (Å²) in [6, 6.07) is 9.50. The summed E-state index contributed by atoms with van der Waals surface area (Å²) in [5.74, 6) is -0.285. The molecule has 0 bridgehead atoms. The number of hydrogen-bond acceptors (Lipinski definition) is 2. The van der Waals surface area contributed by atoms with Gasteiger partial charge in [-0.05, 0) is 5.56 Å². The number of rotatable bonds is 2. The van der Waals surface area contributed by atoms with Crippen molar-refractivity contribution < 1.29 is 29.0 Å². The van der Waals surface area contributed by atoms with Crippen molar-refractivity contribution >= 4 is 5.97 Å². The van der Waals surface area contributed by atoms with E-state index in [1.54, 1.807) is 0 Å². The third-order valence-corrected chi connectivity index (χ3v) is 3.30. The van der Waals surface area contributed by atoms with E-state index in [1.807, 2.05) is 30.3 Å². The van der Waals surface area contributed by atoms with Crippen LogP contribution in [0.2, 0.25) is 0 Å². The third kappa shape index (κ3) is 2.32. The van der Waals surface area contributed by atoms with Crippen molar-refractivity contribution in [1.29, 1.82) is 0 Å². The van der Waals surface area contributed by atoms with Crippen molar-refractivity contribution in [2.75, 3.05) is 7.11 Å². The van der Waals surface area contributed by atoms with Crippen molar-refractivity contribution in [2.45, 2.75) is 18.3 Å². The molecule has 0 N–H and O–H groups in total. The fourth-order valence-electron chi connectivity index (χ4n) is 2.36. The number of benzene rings is 1. The van der Waals surface area contributed by atoms with Gasteiger partial charge in [-0.2, -0.15) is 0 Å². The van der Waals surface area contributed by atoms with Crippen LogP contribution in [0.15, 0.2) is 41.5 Å². The smallest absolute Gasteiger partial charge is 0.468 e. The van der Waals surface area contributed by atoms with E-state index in [2.05, 4.69) is 0 Å². The first-order chi connectivity index (χ1) is 8.10. The molecule has 0 unspecified atom stereocenters. The van der Waals surface area contributed by atoms with E-state index in [4.69, 9.17) is 17.9 Å². The maximum Gasteiger partial charge on any atom is 2.00 e. The zero-order valence-corrected chi connectivity index (χ0v) is 11.7. The Balaban J connectivity index is 0.00000162. The Morgan fingerprint density at radius 3 is 2.11 bits per heavy atom. The SMILES string of the molecule is [CH-]=C1CC(C(=O)OC)(c2ccccc2)CC1=[CH-].[Rh+2]. The van der Waals surface area contributed by atoms with Crippen molar-refractivity contribution in [3.8, 4) is 0 Å². The molecule has 18 heavy (non-hydrogen) atoms. The number of carbonyl (C=O) groups is 1. The van der Waals surface area contributed by atoms with Crippen LogP contribution in [0.3, 0.4) is 0 Å². The van der Waals surface area contributed by atoms with Gasteiger partial charge in [0, 0.05) is 0 Å². The minimum atomic E-state index is -0.746. The first-order valence-electron chi connectivity index (χ1n) is 5.47. The van der Waals surface area contributed by atoms with Crippen LogP contribution in [0.25, 0.3) is 0 Å². The Labute approximate surface area is 120 Å². The summed E-state index contributed by atoms with van der Waals surface area (Å²) in [4.78, 5) is 12.1. The summed E-state index contributed by atoms with van der Waals surface area (Å²) in [7, 11) is 1.39. The van der Waals surface area contributed by atoms with Gasteiger partial charge in [-0.1, -0.05) is 30.3 Å². The predicted molar refractivity (Wildman–Crippen MR) is 65.0 cm³/mol. The Morgan fingerprint density at radius 2 is 1.67 bits per heavy atom. The number of carbonyl (C=O) groups excluding carboxylic acids is 1. The Kier molecular flexibility index (Phi) is 4.64. The van der Waals surface area contributed by atoms with E-state index in [0.717, 1.165) is 5.56 Å². The van der Waals surface area contributed by atoms with E-state index in [1.165, 1.54) is 7.11 Å². The molecular weight excluding hydrogens is 315 g/mol. The average Bonchev–Trinajstić information content (AvgIpc) is 2.67. The minimum absolute atomic E-state index is 0. The summed E-state index contributed by atoms with van der Waals surface area (Å²) in [5.41, 5.74) is 1.32. The number of esters is 1. The van der Waals surface area contributed by atoms with Crippen molar-refractivity contribution in [3.63, 3.8) is 0 Å². The molecule has 0 aromatic heterocycles. The van der Waals surface area contributed by atoms with E-state index in [9.17, 15) is 4.79 Å². The molecule has 0 saturated heterocycles. The van der Waals surface area contributed by atoms with Gasteiger partial charge >= 0.3 is 25.4 Å². The largest absolute Gasteiger partial charge is 2.00 e. The maximum absolute atomic E-state index is 12.1. The number of allylic oxidation sites excluding steroid dienone is 2. The molecule has 95 valence electrons. The molecule has 2 nitrogen and oxygen atoms in total. The normalized spacial score (nSPS) is 22.5. The fraction of sp³-hybridized carbons (Fsp3) is 0.267. The monoisotopic (exact) mass is 329 g/mol. The molecule has 0 amide bonds. The fourth-order valence-corrected chi connectivity index (χ4v) is 2.36. The summed E-state index contributed by atoms with van der Waals surface area (Å²) in [6.45, 7) is 11.7. The Morgan fingerprint density at radius 1 is 1.17 bits per heavy atom. The van der Waals surface area contributed by atoms with Gasteiger partial charge in [-0.15, -0.1) is 12.8 Å². The molecule has 0 heterocycles. The summed E-state index contributed by atoms with van der Waals surface area (Å²) in [5, 5.41) is 0. The van der Waals surface area contributed by atoms with E-state index in [0.29, 0.717) is 24.0 Å². The Bertz CT molecular complexity index is 461.